The molecule has 0 saturated carbocycles. The molecule has 0 saturated heterocycles. The van der Waals surface area contributed by atoms with E-state index in [0.29, 0.717) is 16.5 Å². The van der Waals surface area contributed by atoms with E-state index in [1.54, 1.807) is 31.2 Å². The fraction of sp³-hybridized carbons (Fsp3) is 0.0556. The van der Waals surface area contributed by atoms with Crippen LogP contribution in [0.1, 0.15) is 26.4 Å². The van der Waals surface area contributed by atoms with E-state index in [9.17, 15) is 19.1 Å². The van der Waals surface area contributed by atoms with Crippen molar-refractivity contribution in [2.45, 2.75) is 6.92 Å². The van der Waals surface area contributed by atoms with Gasteiger partial charge in [0.1, 0.15) is 5.82 Å². The number of aromatic nitrogens is 1. The largest absolute Gasteiger partial charge is 0.476 e. The predicted molar refractivity (Wildman–Crippen MR) is 87.8 cm³/mol. The smallest absolute Gasteiger partial charge is 0.355 e. The van der Waals surface area contributed by atoms with Crippen LogP contribution in [0.4, 0.5) is 10.1 Å². The number of anilines is 1. The minimum Gasteiger partial charge on any atom is -0.476 e. The fourth-order valence-electron chi connectivity index (χ4n) is 2.57. The van der Waals surface area contributed by atoms with E-state index in [4.69, 9.17) is 0 Å². The SMILES string of the molecule is Cc1ccc(NC(=O)c2ccccc2F)c2ccnc(C(=O)O)c12. The Morgan fingerprint density at radius 2 is 1.88 bits per heavy atom. The second kappa shape index (κ2) is 6.08. The van der Waals surface area contributed by atoms with Gasteiger partial charge in [0.15, 0.2) is 5.69 Å². The molecule has 6 heteroatoms. The summed E-state index contributed by atoms with van der Waals surface area (Å²) in [7, 11) is 0. The van der Waals surface area contributed by atoms with Crippen LogP contribution in [0.2, 0.25) is 0 Å². The van der Waals surface area contributed by atoms with Gasteiger partial charge in [-0.1, -0.05) is 18.2 Å². The molecule has 0 aliphatic heterocycles. The third kappa shape index (κ3) is 2.69. The van der Waals surface area contributed by atoms with Crippen LogP contribution in [-0.2, 0) is 0 Å². The van der Waals surface area contributed by atoms with E-state index < -0.39 is 17.7 Å². The Morgan fingerprint density at radius 1 is 1.12 bits per heavy atom. The summed E-state index contributed by atoms with van der Waals surface area (Å²) < 4.78 is 13.7. The van der Waals surface area contributed by atoms with Crippen LogP contribution in [0.5, 0.6) is 0 Å². The van der Waals surface area contributed by atoms with Gasteiger partial charge in [-0.2, -0.15) is 0 Å². The molecule has 1 aromatic heterocycles. The van der Waals surface area contributed by atoms with Crippen molar-refractivity contribution in [2.75, 3.05) is 5.32 Å². The van der Waals surface area contributed by atoms with E-state index in [2.05, 4.69) is 10.3 Å². The molecule has 3 aromatic rings. The summed E-state index contributed by atoms with van der Waals surface area (Å²) in [5.74, 6) is -2.38. The number of hydrogen-bond acceptors (Lipinski definition) is 3. The summed E-state index contributed by atoms with van der Waals surface area (Å²) in [6.45, 7) is 1.76. The number of carbonyl (C=O) groups excluding carboxylic acids is 1. The lowest BCUT2D eigenvalue weighted by Crippen LogP contribution is -2.14. The molecule has 120 valence electrons. The number of aryl methyl sites for hydroxylation is 1. The monoisotopic (exact) mass is 324 g/mol. The zero-order valence-corrected chi connectivity index (χ0v) is 12.7. The van der Waals surface area contributed by atoms with Crippen LogP contribution in [0.25, 0.3) is 10.8 Å². The Morgan fingerprint density at radius 3 is 2.58 bits per heavy atom. The quantitative estimate of drug-likeness (QED) is 0.771. The number of aromatic carboxylic acids is 1. The number of benzene rings is 2. The summed E-state index contributed by atoms with van der Waals surface area (Å²) in [6.07, 6.45) is 1.37. The van der Waals surface area contributed by atoms with Crippen molar-refractivity contribution < 1.29 is 19.1 Å². The molecule has 0 radical (unpaired) electrons. The van der Waals surface area contributed by atoms with E-state index in [0.717, 1.165) is 5.56 Å². The minimum atomic E-state index is -1.15. The van der Waals surface area contributed by atoms with E-state index in [1.165, 1.54) is 24.4 Å². The molecule has 0 atom stereocenters. The van der Waals surface area contributed by atoms with Crippen molar-refractivity contribution in [3.63, 3.8) is 0 Å². The maximum atomic E-state index is 13.7. The summed E-state index contributed by atoms with van der Waals surface area (Å²) in [5, 5.41) is 12.9. The van der Waals surface area contributed by atoms with Crippen molar-refractivity contribution in [3.05, 3.63) is 71.3 Å². The highest BCUT2D eigenvalue weighted by molar-refractivity contribution is 6.12. The van der Waals surface area contributed by atoms with Gasteiger partial charge in [0, 0.05) is 22.7 Å². The first-order valence-electron chi connectivity index (χ1n) is 7.16. The normalized spacial score (nSPS) is 10.6. The van der Waals surface area contributed by atoms with Crippen molar-refractivity contribution >= 4 is 28.3 Å². The average molecular weight is 324 g/mol. The summed E-state index contributed by atoms with van der Waals surface area (Å²) in [4.78, 5) is 27.6. The number of nitrogens with one attached hydrogen (secondary N) is 1. The molecule has 24 heavy (non-hydrogen) atoms. The van der Waals surface area contributed by atoms with Crippen LogP contribution in [0.15, 0.2) is 48.7 Å². The highest BCUT2D eigenvalue weighted by Gasteiger charge is 2.17. The summed E-state index contributed by atoms with van der Waals surface area (Å²) >= 11 is 0. The van der Waals surface area contributed by atoms with E-state index in [1.807, 2.05) is 0 Å². The Bertz CT molecular complexity index is 970. The van der Waals surface area contributed by atoms with Crippen LogP contribution < -0.4 is 5.32 Å². The first kappa shape index (κ1) is 15.6. The van der Waals surface area contributed by atoms with Crippen molar-refractivity contribution in [2.24, 2.45) is 0 Å². The molecule has 5 nitrogen and oxygen atoms in total. The number of carboxylic acids is 1. The molecule has 0 unspecified atom stereocenters. The molecule has 2 aromatic carbocycles. The van der Waals surface area contributed by atoms with Gasteiger partial charge in [0.05, 0.1) is 5.56 Å². The topological polar surface area (TPSA) is 79.3 Å². The number of amides is 1. The summed E-state index contributed by atoms with van der Waals surface area (Å²) in [5.41, 5.74) is 0.943. The number of rotatable bonds is 3. The zero-order valence-electron chi connectivity index (χ0n) is 12.7. The molecule has 0 aliphatic carbocycles. The molecule has 3 rings (SSSR count). The van der Waals surface area contributed by atoms with E-state index in [-0.39, 0.29) is 11.3 Å². The number of nitrogens with zero attached hydrogens (tertiary/aromatic N) is 1. The second-order valence-electron chi connectivity index (χ2n) is 5.25. The van der Waals surface area contributed by atoms with Crippen LogP contribution in [0, 0.1) is 12.7 Å². The average Bonchev–Trinajstić information content (AvgIpc) is 2.57. The maximum absolute atomic E-state index is 13.7. The van der Waals surface area contributed by atoms with Gasteiger partial charge in [0.2, 0.25) is 0 Å². The maximum Gasteiger partial charge on any atom is 0.355 e. The Kier molecular flexibility index (Phi) is 3.95. The van der Waals surface area contributed by atoms with Crippen LogP contribution in [0.3, 0.4) is 0 Å². The third-order valence-electron chi connectivity index (χ3n) is 3.70. The number of carboxylic acid groups (broad SMARTS) is 1. The lowest BCUT2D eigenvalue weighted by molar-refractivity contribution is 0.0692. The molecule has 0 bridgehead atoms. The molecule has 0 fully saturated rings. The molecule has 1 amide bonds. The molecule has 2 N–H and O–H groups in total. The highest BCUT2D eigenvalue weighted by atomic mass is 19.1. The van der Waals surface area contributed by atoms with Crippen molar-refractivity contribution in [1.29, 1.82) is 0 Å². The lowest BCUT2D eigenvalue weighted by Gasteiger charge is -2.12. The number of fused-ring (bicyclic) bond motifs is 1. The molecule has 0 aliphatic rings. The number of pyridine rings is 1. The fourth-order valence-corrected chi connectivity index (χ4v) is 2.57. The van der Waals surface area contributed by atoms with Crippen molar-refractivity contribution in [3.8, 4) is 0 Å². The standard InChI is InChI=1S/C18H13FN2O3/c1-10-6-7-14(12-8-9-20-16(15(10)12)18(23)24)21-17(22)11-4-2-3-5-13(11)19/h2-9H,1H3,(H,21,22)(H,23,24). The van der Waals surface area contributed by atoms with E-state index >= 15 is 0 Å². The lowest BCUT2D eigenvalue weighted by atomic mass is 10.0. The van der Waals surface area contributed by atoms with Gasteiger partial charge in [0.25, 0.3) is 5.91 Å². The second-order valence-corrected chi connectivity index (χ2v) is 5.25. The van der Waals surface area contributed by atoms with Gasteiger partial charge < -0.3 is 10.4 Å². The van der Waals surface area contributed by atoms with Gasteiger partial charge >= 0.3 is 5.97 Å². The van der Waals surface area contributed by atoms with Gasteiger partial charge in [-0.05, 0) is 36.8 Å². The molecule has 0 spiro atoms. The number of hydrogen-bond donors (Lipinski definition) is 2. The predicted octanol–water partition coefficient (Wildman–Crippen LogP) is 3.63. The van der Waals surface area contributed by atoms with Gasteiger partial charge in [-0.15, -0.1) is 0 Å². The minimum absolute atomic E-state index is 0.0845. The van der Waals surface area contributed by atoms with Crippen molar-refractivity contribution in [1.82, 2.24) is 4.98 Å². The Balaban J connectivity index is 2.10. The number of carbonyl (C=O) groups is 2. The van der Waals surface area contributed by atoms with Gasteiger partial charge in [-0.3, -0.25) is 4.79 Å². The molecule has 1 heterocycles. The zero-order chi connectivity index (χ0) is 17.3. The summed E-state index contributed by atoms with van der Waals surface area (Å²) in [6, 6.07) is 10.6. The Labute approximate surface area is 136 Å². The highest BCUT2D eigenvalue weighted by Crippen LogP contribution is 2.28. The Hall–Kier alpha value is -3.28. The first-order chi connectivity index (χ1) is 11.5. The van der Waals surface area contributed by atoms with Crippen LogP contribution >= 0.6 is 0 Å². The van der Waals surface area contributed by atoms with Gasteiger partial charge in [-0.25, -0.2) is 14.2 Å². The number of halogens is 1. The van der Waals surface area contributed by atoms with Crippen LogP contribution in [-0.4, -0.2) is 22.0 Å². The molecular weight excluding hydrogens is 311 g/mol. The molecular formula is C18H13FN2O3. The third-order valence-corrected chi connectivity index (χ3v) is 3.70. The first-order valence-corrected chi connectivity index (χ1v) is 7.16.